The molecule has 1 aromatic carbocycles. The fraction of sp³-hybridized carbons (Fsp3) is 0. The van der Waals surface area contributed by atoms with Gasteiger partial charge in [-0.1, -0.05) is 30.3 Å². The zero-order valence-corrected chi connectivity index (χ0v) is 7.75. The molecule has 70 valence electrons. The molecule has 0 bridgehead atoms. The third-order valence-electron chi connectivity index (χ3n) is 1.37. The van der Waals surface area contributed by atoms with Crippen molar-refractivity contribution in [3.05, 3.63) is 42.0 Å². The highest BCUT2D eigenvalue weighted by molar-refractivity contribution is 5.91. The van der Waals surface area contributed by atoms with Gasteiger partial charge in [-0.05, 0) is 11.6 Å². The van der Waals surface area contributed by atoms with Crippen molar-refractivity contribution in [2.45, 2.75) is 0 Å². The van der Waals surface area contributed by atoms with Gasteiger partial charge in [0.25, 0.3) is 5.91 Å². The van der Waals surface area contributed by atoms with Crippen molar-refractivity contribution < 1.29 is 4.79 Å². The Morgan fingerprint density at radius 2 is 1.92 bits per heavy atom. The predicted octanol–water partition coefficient (Wildman–Crippen LogP) is 1.11. The zero-order chi connectivity index (χ0) is 8.81. The summed E-state index contributed by atoms with van der Waals surface area (Å²) < 4.78 is 0. The summed E-state index contributed by atoms with van der Waals surface area (Å²) in [6, 6.07) is 9.53. The molecular formula is C9H11ClN2O. The summed E-state index contributed by atoms with van der Waals surface area (Å²) in [6.45, 7) is 0. The minimum absolute atomic E-state index is 0. The van der Waals surface area contributed by atoms with Gasteiger partial charge in [-0.15, -0.1) is 12.4 Å². The SMILES string of the molecule is Cl.NNC(=O)/C=C/c1ccccc1. The van der Waals surface area contributed by atoms with Crippen molar-refractivity contribution in [1.29, 1.82) is 0 Å². The molecule has 1 rings (SSSR count). The average molecular weight is 199 g/mol. The molecule has 4 heteroatoms. The number of carbonyl (C=O) groups excluding carboxylic acids is 1. The minimum Gasteiger partial charge on any atom is -0.291 e. The topological polar surface area (TPSA) is 55.1 Å². The molecule has 3 N–H and O–H groups in total. The van der Waals surface area contributed by atoms with Gasteiger partial charge in [-0.3, -0.25) is 10.2 Å². The molecule has 1 amide bonds. The summed E-state index contributed by atoms with van der Waals surface area (Å²) in [7, 11) is 0. The van der Waals surface area contributed by atoms with Crippen LogP contribution in [0, 0.1) is 0 Å². The maximum atomic E-state index is 10.7. The highest BCUT2D eigenvalue weighted by Crippen LogP contribution is 1.99. The van der Waals surface area contributed by atoms with Crippen LogP contribution in [0.15, 0.2) is 36.4 Å². The molecule has 0 fully saturated rings. The van der Waals surface area contributed by atoms with Crippen LogP contribution in [0.1, 0.15) is 5.56 Å². The molecule has 0 unspecified atom stereocenters. The Balaban J connectivity index is 0.00000144. The van der Waals surface area contributed by atoms with Gasteiger partial charge in [0.15, 0.2) is 0 Å². The van der Waals surface area contributed by atoms with Gasteiger partial charge in [0.2, 0.25) is 0 Å². The van der Waals surface area contributed by atoms with E-state index in [2.05, 4.69) is 0 Å². The number of hydrogen-bond donors (Lipinski definition) is 2. The van der Waals surface area contributed by atoms with Gasteiger partial charge in [0, 0.05) is 6.08 Å². The molecule has 0 aliphatic heterocycles. The molecule has 0 aliphatic carbocycles. The maximum Gasteiger partial charge on any atom is 0.257 e. The largest absolute Gasteiger partial charge is 0.291 e. The molecule has 13 heavy (non-hydrogen) atoms. The van der Waals surface area contributed by atoms with Crippen LogP contribution in [0.25, 0.3) is 6.08 Å². The first-order chi connectivity index (χ1) is 5.83. The highest BCUT2D eigenvalue weighted by Gasteiger charge is 1.88. The molecule has 1 aromatic rings. The summed E-state index contributed by atoms with van der Waals surface area (Å²) in [4.78, 5) is 10.7. The van der Waals surface area contributed by atoms with E-state index >= 15 is 0 Å². The second-order valence-corrected chi connectivity index (χ2v) is 2.25. The molecule has 3 nitrogen and oxygen atoms in total. The van der Waals surface area contributed by atoms with E-state index in [1.54, 1.807) is 6.08 Å². The molecule has 0 saturated heterocycles. The Morgan fingerprint density at radius 3 is 2.46 bits per heavy atom. The lowest BCUT2D eigenvalue weighted by atomic mass is 10.2. The van der Waals surface area contributed by atoms with Crippen LogP contribution in [-0.2, 0) is 4.79 Å². The van der Waals surface area contributed by atoms with Crippen LogP contribution < -0.4 is 11.3 Å². The highest BCUT2D eigenvalue weighted by atomic mass is 35.5. The van der Waals surface area contributed by atoms with Crippen LogP contribution in [0.4, 0.5) is 0 Å². The number of hydrazine groups is 1. The van der Waals surface area contributed by atoms with E-state index in [9.17, 15) is 4.79 Å². The van der Waals surface area contributed by atoms with E-state index in [1.807, 2.05) is 35.8 Å². The Kier molecular flexibility index (Phi) is 5.59. The number of benzene rings is 1. The van der Waals surface area contributed by atoms with Crippen molar-refractivity contribution >= 4 is 24.4 Å². The van der Waals surface area contributed by atoms with Gasteiger partial charge in [0.1, 0.15) is 0 Å². The number of hydrogen-bond acceptors (Lipinski definition) is 2. The Bertz CT molecular complexity index is 285. The molecule has 0 saturated carbocycles. The number of amides is 1. The number of nitrogens with two attached hydrogens (primary N) is 1. The number of halogens is 1. The van der Waals surface area contributed by atoms with E-state index in [4.69, 9.17) is 5.84 Å². The fourth-order valence-electron chi connectivity index (χ4n) is 0.784. The van der Waals surface area contributed by atoms with Crippen molar-refractivity contribution in [3.63, 3.8) is 0 Å². The van der Waals surface area contributed by atoms with Crippen molar-refractivity contribution in [1.82, 2.24) is 5.43 Å². The molecule has 0 radical (unpaired) electrons. The van der Waals surface area contributed by atoms with E-state index in [0.717, 1.165) is 5.56 Å². The summed E-state index contributed by atoms with van der Waals surface area (Å²) in [5.74, 6) is 4.58. The van der Waals surface area contributed by atoms with Gasteiger partial charge in [-0.2, -0.15) is 0 Å². The molecular weight excluding hydrogens is 188 g/mol. The minimum atomic E-state index is -0.307. The molecule has 0 atom stereocenters. The average Bonchev–Trinajstić information content (AvgIpc) is 2.16. The van der Waals surface area contributed by atoms with Crippen LogP contribution in [0.5, 0.6) is 0 Å². The first-order valence-corrected chi connectivity index (χ1v) is 3.56. The summed E-state index contributed by atoms with van der Waals surface area (Å²) in [5, 5.41) is 0. The van der Waals surface area contributed by atoms with Gasteiger partial charge < -0.3 is 0 Å². The third kappa shape index (κ3) is 4.30. The Labute approximate surface area is 83.0 Å². The molecule has 0 aromatic heterocycles. The smallest absolute Gasteiger partial charge is 0.257 e. The zero-order valence-electron chi connectivity index (χ0n) is 6.94. The van der Waals surface area contributed by atoms with E-state index in [0.29, 0.717) is 0 Å². The fourth-order valence-corrected chi connectivity index (χ4v) is 0.784. The third-order valence-corrected chi connectivity index (χ3v) is 1.37. The van der Waals surface area contributed by atoms with Gasteiger partial charge in [0.05, 0.1) is 0 Å². The van der Waals surface area contributed by atoms with E-state index in [-0.39, 0.29) is 18.3 Å². The van der Waals surface area contributed by atoms with Crippen molar-refractivity contribution in [2.75, 3.05) is 0 Å². The lowest BCUT2D eigenvalue weighted by Crippen LogP contribution is -2.27. The number of rotatable bonds is 2. The number of carbonyl (C=O) groups is 1. The maximum absolute atomic E-state index is 10.7. The van der Waals surface area contributed by atoms with Crippen LogP contribution >= 0.6 is 12.4 Å². The summed E-state index contributed by atoms with van der Waals surface area (Å²) in [5.41, 5.74) is 2.98. The molecule has 0 spiro atoms. The normalized spacial score (nSPS) is 9.31. The van der Waals surface area contributed by atoms with Crippen LogP contribution in [0.2, 0.25) is 0 Å². The van der Waals surface area contributed by atoms with Crippen LogP contribution in [-0.4, -0.2) is 5.91 Å². The van der Waals surface area contributed by atoms with E-state index in [1.165, 1.54) is 6.08 Å². The van der Waals surface area contributed by atoms with Crippen molar-refractivity contribution in [2.24, 2.45) is 5.84 Å². The Morgan fingerprint density at radius 1 is 1.31 bits per heavy atom. The molecule has 0 heterocycles. The summed E-state index contributed by atoms with van der Waals surface area (Å²) in [6.07, 6.45) is 3.08. The molecule has 0 aliphatic rings. The predicted molar refractivity (Wildman–Crippen MR) is 55.1 cm³/mol. The lowest BCUT2D eigenvalue weighted by molar-refractivity contribution is -0.116. The lowest BCUT2D eigenvalue weighted by Gasteiger charge is -1.91. The Hall–Kier alpha value is -1.32. The van der Waals surface area contributed by atoms with Gasteiger partial charge >= 0.3 is 0 Å². The quantitative estimate of drug-likeness (QED) is 0.324. The second-order valence-electron chi connectivity index (χ2n) is 2.25. The standard InChI is InChI=1S/C9H10N2O.ClH/c10-11-9(12)7-6-8-4-2-1-3-5-8;/h1-7H,10H2,(H,11,12);1H/b7-6+;. The number of nitrogens with one attached hydrogen (secondary N) is 1. The van der Waals surface area contributed by atoms with E-state index < -0.39 is 0 Å². The van der Waals surface area contributed by atoms with Crippen LogP contribution in [0.3, 0.4) is 0 Å². The first kappa shape index (κ1) is 11.7. The summed E-state index contributed by atoms with van der Waals surface area (Å²) >= 11 is 0. The van der Waals surface area contributed by atoms with Gasteiger partial charge in [-0.25, -0.2) is 5.84 Å². The van der Waals surface area contributed by atoms with Crippen molar-refractivity contribution in [3.8, 4) is 0 Å². The monoisotopic (exact) mass is 198 g/mol. The second kappa shape index (κ2) is 6.22. The first-order valence-electron chi connectivity index (χ1n) is 3.56.